The molecule has 0 fully saturated rings. The Labute approximate surface area is 228 Å². The number of amides is 2. The zero-order valence-corrected chi connectivity index (χ0v) is 22.6. The Bertz CT molecular complexity index is 1330. The van der Waals surface area contributed by atoms with Crippen LogP contribution in [-0.4, -0.2) is 11.8 Å². The lowest BCUT2D eigenvalue weighted by atomic mass is 10.2. The fourth-order valence-corrected chi connectivity index (χ4v) is 6.08. The van der Waals surface area contributed by atoms with Crippen molar-refractivity contribution in [2.24, 2.45) is 0 Å². The van der Waals surface area contributed by atoms with Crippen LogP contribution in [0.4, 0.5) is 11.4 Å². The van der Waals surface area contributed by atoms with Gasteiger partial charge in [0.2, 0.25) is 0 Å². The van der Waals surface area contributed by atoms with Gasteiger partial charge in [0, 0.05) is 9.79 Å². The Morgan fingerprint density at radius 2 is 1.00 bits per heavy atom. The Morgan fingerprint density at radius 3 is 1.42 bits per heavy atom. The number of hydrogen-bond donors (Lipinski definition) is 2. The fraction of sp³-hybridized carbons (Fsp3) is 0.0714. The second kappa shape index (κ2) is 11.9. The molecule has 0 aliphatic rings. The van der Waals surface area contributed by atoms with Gasteiger partial charge in [-0.1, -0.05) is 81.2 Å². The van der Waals surface area contributed by atoms with E-state index in [1.807, 2.05) is 74.5 Å². The minimum absolute atomic E-state index is 0.258. The Balaban J connectivity index is 1.52. The molecule has 182 valence electrons. The lowest BCUT2D eigenvalue weighted by Crippen LogP contribution is -2.13. The van der Waals surface area contributed by atoms with Gasteiger partial charge in [0.25, 0.3) is 11.8 Å². The van der Waals surface area contributed by atoms with Crippen LogP contribution in [0.1, 0.15) is 31.8 Å². The van der Waals surface area contributed by atoms with Crippen molar-refractivity contribution < 1.29 is 9.59 Å². The van der Waals surface area contributed by atoms with Gasteiger partial charge < -0.3 is 10.6 Å². The van der Waals surface area contributed by atoms with E-state index in [9.17, 15) is 9.59 Å². The summed E-state index contributed by atoms with van der Waals surface area (Å²) in [6, 6.07) is 25.6. The fourth-order valence-electron chi connectivity index (χ4n) is 3.39. The quantitative estimate of drug-likeness (QED) is 0.224. The van der Waals surface area contributed by atoms with Gasteiger partial charge in [0.1, 0.15) is 0 Å². The van der Waals surface area contributed by atoms with Crippen LogP contribution >= 0.6 is 44.8 Å². The van der Waals surface area contributed by atoms with Gasteiger partial charge in [-0.3, -0.25) is 9.59 Å². The number of carbonyl (C=O) groups excluding carboxylic acids is 2. The highest BCUT2D eigenvalue weighted by atomic mass is 35.5. The first-order valence-corrected chi connectivity index (χ1v) is 13.9. The number of nitrogens with one attached hydrogen (secondary N) is 2. The predicted octanol–water partition coefficient (Wildman–Crippen LogP) is 8.91. The number of halogens is 2. The van der Waals surface area contributed by atoms with Crippen LogP contribution in [0.3, 0.4) is 0 Å². The lowest BCUT2D eigenvalue weighted by molar-refractivity contribution is 0.101. The molecule has 2 amide bonds. The highest BCUT2D eigenvalue weighted by molar-refractivity contribution is 8.76. The van der Waals surface area contributed by atoms with Crippen molar-refractivity contribution in [3.05, 3.63) is 117 Å². The summed E-state index contributed by atoms with van der Waals surface area (Å²) in [7, 11) is 2.81. The SMILES string of the molecule is Cc1ccc(Cl)c(NC(=O)c2ccccc2SSc2ccccc2C(=O)Nc2cc(C)ccc2Cl)c1. The van der Waals surface area contributed by atoms with E-state index in [4.69, 9.17) is 23.2 Å². The third-order valence-corrected chi connectivity index (χ3v) is 8.37. The van der Waals surface area contributed by atoms with E-state index >= 15 is 0 Å². The zero-order chi connectivity index (χ0) is 25.7. The van der Waals surface area contributed by atoms with Crippen LogP contribution in [-0.2, 0) is 0 Å². The summed E-state index contributed by atoms with van der Waals surface area (Å²) in [6.45, 7) is 3.87. The lowest BCUT2D eigenvalue weighted by Gasteiger charge is -2.13. The summed E-state index contributed by atoms with van der Waals surface area (Å²) in [5.41, 5.74) is 4.14. The van der Waals surface area contributed by atoms with Gasteiger partial charge in [-0.2, -0.15) is 0 Å². The van der Waals surface area contributed by atoms with E-state index in [1.54, 1.807) is 24.3 Å². The van der Waals surface area contributed by atoms with Crippen LogP contribution < -0.4 is 10.6 Å². The van der Waals surface area contributed by atoms with Gasteiger partial charge in [-0.15, -0.1) is 0 Å². The maximum atomic E-state index is 13.1. The minimum Gasteiger partial charge on any atom is -0.321 e. The molecule has 0 saturated heterocycles. The van der Waals surface area contributed by atoms with Crippen LogP contribution in [0.5, 0.6) is 0 Å². The van der Waals surface area contributed by atoms with E-state index in [0.29, 0.717) is 32.5 Å². The average Bonchev–Trinajstić information content (AvgIpc) is 2.87. The summed E-state index contributed by atoms with van der Waals surface area (Å²) < 4.78 is 0. The van der Waals surface area contributed by atoms with Crippen LogP contribution in [0.2, 0.25) is 10.0 Å². The molecular weight excluding hydrogens is 531 g/mol. The molecule has 8 heteroatoms. The molecule has 0 spiro atoms. The van der Waals surface area contributed by atoms with E-state index in [1.165, 1.54) is 21.6 Å². The molecule has 0 atom stereocenters. The van der Waals surface area contributed by atoms with E-state index in [2.05, 4.69) is 10.6 Å². The first-order valence-electron chi connectivity index (χ1n) is 11.0. The smallest absolute Gasteiger partial charge is 0.256 e. The van der Waals surface area contributed by atoms with Gasteiger partial charge in [0.15, 0.2) is 0 Å². The molecule has 4 rings (SSSR count). The van der Waals surface area contributed by atoms with Crippen molar-refractivity contribution in [2.75, 3.05) is 10.6 Å². The van der Waals surface area contributed by atoms with Crippen molar-refractivity contribution >= 4 is 68.0 Å². The molecule has 0 aliphatic heterocycles. The predicted molar refractivity (Wildman–Crippen MR) is 153 cm³/mol. The van der Waals surface area contributed by atoms with Crippen molar-refractivity contribution in [2.45, 2.75) is 23.6 Å². The number of aryl methyl sites for hydroxylation is 2. The summed E-state index contributed by atoms with van der Waals surface area (Å²) in [6.07, 6.45) is 0. The number of benzene rings is 4. The van der Waals surface area contributed by atoms with E-state index in [-0.39, 0.29) is 11.8 Å². The highest BCUT2D eigenvalue weighted by Gasteiger charge is 2.17. The Morgan fingerprint density at radius 1 is 0.611 bits per heavy atom. The minimum atomic E-state index is -0.258. The molecule has 4 aromatic rings. The monoisotopic (exact) mass is 552 g/mol. The van der Waals surface area contributed by atoms with Crippen LogP contribution in [0, 0.1) is 13.8 Å². The first kappa shape index (κ1) is 26.2. The van der Waals surface area contributed by atoms with Crippen molar-refractivity contribution in [1.82, 2.24) is 0 Å². The van der Waals surface area contributed by atoms with E-state index in [0.717, 1.165) is 20.9 Å². The second-order valence-electron chi connectivity index (χ2n) is 8.03. The number of carbonyl (C=O) groups is 2. The molecule has 2 N–H and O–H groups in total. The first-order chi connectivity index (χ1) is 17.3. The number of rotatable bonds is 7. The third kappa shape index (κ3) is 6.45. The zero-order valence-electron chi connectivity index (χ0n) is 19.5. The largest absolute Gasteiger partial charge is 0.321 e. The number of anilines is 2. The number of hydrogen-bond acceptors (Lipinski definition) is 4. The van der Waals surface area contributed by atoms with Gasteiger partial charge in [0.05, 0.1) is 32.5 Å². The summed E-state index contributed by atoms with van der Waals surface area (Å²) in [5, 5.41) is 6.75. The summed E-state index contributed by atoms with van der Waals surface area (Å²) in [5.74, 6) is -0.516. The van der Waals surface area contributed by atoms with E-state index < -0.39 is 0 Å². The molecule has 0 radical (unpaired) electrons. The van der Waals surface area contributed by atoms with Crippen LogP contribution in [0.25, 0.3) is 0 Å². The molecule has 0 aliphatic carbocycles. The summed E-state index contributed by atoms with van der Waals surface area (Å²) in [4.78, 5) is 27.7. The molecule has 0 bridgehead atoms. The van der Waals surface area contributed by atoms with Crippen molar-refractivity contribution in [1.29, 1.82) is 0 Å². The van der Waals surface area contributed by atoms with Crippen molar-refractivity contribution in [3.8, 4) is 0 Å². The molecular formula is C28H22Cl2N2O2S2. The normalized spacial score (nSPS) is 10.7. The van der Waals surface area contributed by atoms with Gasteiger partial charge >= 0.3 is 0 Å². The topological polar surface area (TPSA) is 58.2 Å². The van der Waals surface area contributed by atoms with Crippen molar-refractivity contribution in [3.63, 3.8) is 0 Å². The Kier molecular flexibility index (Phi) is 8.64. The molecule has 36 heavy (non-hydrogen) atoms. The van der Waals surface area contributed by atoms with Crippen LogP contribution in [0.15, 0.2) is 94.7 Å². The maximum absolute atomic E-state index is 13.1. The summed E-state index contributed by atoms with van der Waals surface area (Å²) >= 11 is 12.5. The Hall–Kier alpha value is -2.90. The molecule has 4 aromatic carbocycles. The van der Waals surface area contributed by atoms with Gasteiger partial charge in [-0.25, -0.2) is 0 Å². The van der Waals surface area contributed by atoms with Gasteiger partial charge in [-0.05, 0) is 73.5 Å². The highest BCUT2D eigenvalue weighted by Crippen LogP contribution is 2.41. The average molecular weight is 554 g/mol. The maximum Gasteiger partial charge on any atom is 0.256 e. The standard InChI is InChI=1S/C28H22Cl2N2O2S2/c1-17-11-13-21(29)23(15-17)31-27(33)19-7-3-5-9-25(19)35-36-26-10-6-4-8-20(26)28(34)32-24-16-18(2)12-14-22(24)30/h3-16H,1-2H3,(H,31,33)(H,32,34). The second-order valence-corrected chi connectivity index (χ2v) is 11.1. The third-order valence-electron chi connectivity index (χ3n) is 5.22. The molecule has 0 unspecified atom stereocenters. The molecule has 4 nitrogen and oxygen atoms in total. The molecule has 0 heterocycles. The molecule has 0 aromatic heterocycles. The molecule has 0 saturated carbocycles.